The van der Waals surface area contributed by atoms with Crippen LogP contribution < -0.4 is 19.4 Å². The quantitative estimate of drug-likeness (QED) is 0.167. The summed E-state index contributed by atoms with van der Waals surface area (Å²) in [7, 11) is -11.6. The summed E-state index contributed by atoms with van der Waals surface area (Å²) in [5.41, 5.74) is -11.0. The van der Waals surface area contributed by atoms with Gasteiger partial charge in [-0.25, -0.2) is 8.78 Å². The van der Waals surface area contributed by atoms with Crippen molar-refractivity contribution in [3.8, 4) is 11.5 Å². The molecule has 3 N–H and O–H groups in total. The minimum atomic E-state index is -5.83. The van der Waals surface area contributed by atoms with Gasteiger partial charge in [-0.05, 0) is 62.2 Å². The molecule has 12 nitrogen and oxygen atoms in total. The number of nitrogens with one attached hydrogen (secondary N) is 1. The van der Waals surface area contributed by atoms with E-state index in [1.807, 2.05) is 6.92 Å². The van der Waals surface area contributed by atoms with Gasteiger partial charge < -0.3 is 19.4 Å². The molecule has 0 aliphatic carbocycles. The minimum Gasteiger partial charge on any atom is -0.376 e. The standard InChI is InChI=1S/C16H17F4N3O4S.C10H9F4NO4S/c1-11-7-8-22-23(11)10-9-21-14(24)15(2,17)12-3-5-13(6-4-12)27-28(25,26)16(18,19)20;1-9(11,8(15)16)6-2-4-7(5-3-6)19-20(17,18)10(12,13)14/h3-8H,9-10H2,1-2H3,(H,21,24);2-5H,1H3,(H2,15,16). The maximum Gasteiger partial charge on any atom is 0.534 e. The van der Waals surface area contributed by atoms with Crippen LogP contribution in [0.4, 0.5) is 35.1 Å². The van der Waals surface area contributed by atoms with E-state index >= 15 is 0 Å². The van der Waals surface area contributed by atoms with E-state index in [9.17, 15) is 61.5 Å². The Morgan fingerprint density at radius 1 is 0.750 bits per heavy atom. The lowest BCUT2D eigenvalue weighted by Gasteiger charge is -2.20. The zero-order valence-corrected chi connectivity index (χ0v) is 26.4. The van der Waals surface area contributed by atoms with Gasteiger partial charge in [-0.2, -0.15) is 48.3 Å². The van der Waals surface area contributed by atoms with Gasteiger partial charge in [0.05, 0.1) is 6.54 Å². The van der Waals surface area contributed by atoms with Gasteiger partial charge in [-0.15, -0.1) is 0 Å². The number of nitrogens with zero attached hydrogens (tertiary/aromatic N) is 2. The Kier molecular flexibility index (Phi) is 11.9. The number of nitrogens with two attached hydrogens (primary N) is 1. The largest absolute Gasteiger partial charge is 0.534 e. The van der Waals surface area contributed by atoms with Gasteiger partial charge in [-0.1, -0.05) is 24.3 Å². The number of aryl methyl sites for hydroxylation is 1. The molecular formula is C26H26F8N4O8S2. The lowest BCUT2D eigenvalue weighted by molar-refractivity contribution is -0.132. The molecule has 0 saturated heterocycles. The fraction of sp³-hybridized carbons (Fsp3) is 0.346. The fourth-order valence-electron chi connectivity index (χ4n) is 3.34. The van der Waals surface area contributed by atoms with Gasteiger partial charge in [0.2, 0.25) is 11.3 Å². The molecule has 0 bridgehead atoms. The summed E-state index contributed by atoms with van der Waals surface area (Å²) in [5.74, 6) is -3.60. The fourth-order valence-corrected chi connectivity index (χ4v) is 4.26. The van der Waals surface area contributed by atoms with Crippen LogP contribution in [-0.2, 0) is 47.7 Å². The van der Waals surface area contributed by atoms with Crippen molar-refractivity contribution in [1.82, 2.24) is 15.1 Å². The van der Waals surface area contributed by atoms with Crippen LogP contribution in [0.1, 0.15) is 30.7 Å². The Balaban J connectivity index is 0.000000353. The molecule has 0 aliphatic heterocycles. The highest BCUT2D eigenvalue weighted by molar-refractivity contribution is 7.88. The smallest absolute Gasteiger partial charge is 0.376 e. The molecule has 0 spiro atoms. The highest BCUT2D eigenvalue weighted by Crippen LogP contribution is 2.32. The summed E-state index contributed by atoms with van der Waals surface area (Å²) in [6, 6.07) is 8.71. The molecule has 22 heteroatoms. The molecule has 3 rings (SSSR count). The number of alkyl halides is 8. The van der Waals surface area contributed by atoms with E-state index in [0.29, 0.717) is 6.54 Å². The monoisotopic (exact) mass is 738 g/mol. The van der Waals surface area contributed by atoms with Crippen molar-refractivity contribution in [2.45, 2.75) is 49.7 Å². The Morgan fingerprint density at radius 2 is 1.15 bits per heavy atom. The summed E-state index contributed by atoms with van der Waals surface area (Å²) in [5, 5.41) is 6.43. The lowest BCUT2D eigenvalue weighted by atomic mass is 9.97. The second kappa shape index (κ2) is 14.3. The van der Waals surface area contributed by atoms with E-state index < -0.39 is 65.9 Å². The number of rotatable bonds is 11. The number of hydrogen-bond acceptors (Lipinski definition) is 9. The second-order valence-corrected chi connectivity index (χ2v) is 12.9. The predicted molar refractivity (Wildman–Crippen MR) is 150 cm³/mol. The molecule has 1 aromatic heterocycles. The van der Waals surface area contributed by atoms with Crippen molar-refractivity contribution in [3.63, 3.8) is 0 Å². The summed E-state index contributed by atoms with van der Waals surface area (Å²) in [4.78, 5) is 23.0. The van der Waals surface area contributed by atoms with Crippen LogP contribution in [0, 0.1) is 6.92 Å². The number of halogens is 8. The molecule has 2 aromatic carbocycles. The van der Waals surface area contributed by atoms with Crippen LogP contribution in [0.2, 0.25) is 0 Å². The molecule has 0 saturated carbocycles. The molecule has 0 fully saturated rings. The first-order valence-corrected chi connectivity index (χ1v) is 15.7. The SMILES string of the molecule is CC(F)(C(N)=O)c1ccc(OS(=O)(=O)C(F)(F)F)cc1.Cc1ccnn1CCNC(=O)C(C)(F)c1ccc(OS(=O)(=O)C(F)(F)F)cc1. The predicted octanol–water partition coefficient (Wildman–Crippen LogP) is 4.01. The lowest BCUT2D eigenvalue weighted by Crippen LogP contribution is -2.40. The van der Waals surface area contributed by atoms with E-state index in [-0.39, 0.29) is 17.7 Å². The number of hydrogen-bond donors (Lipinski definition) is 2. The minimum absolute atomic E-state index is 0.103. The van der Waals surface area contributed by atoms with Gasteiger partial charge in [0.25, 0.3) is 11.8 Å². The number of benzene rings is 2. The zero-order valence-electron chi connectivity index (χ0n) is 24.8. The van der Waals surface area contributed by atoms with Crippen molar-refractivity contribution < 1.29 is 69.9 Å². The van der Waals surface area contributed by atoms with Gasteiger partial charge in [0.15, 0.2) is 0 Å². The first kappa shape index (κ1) is 39.7. The highest BCUT2D eigenvalue weighted by atomic mass is 32.2. The van der Waals surface area contributed by atoms with E-state index in [0.717, 1.165) is 68.1 Å². The molecule has 266 valence electrons. The average Bonchev–Trinajstić information content (AvgIpc) is 3.36. The van der Waals surface area contributed by atoms with Crippen molar-refractivity contribution in [2.75, 3.05) is 6.54 Å². The van der Waals surface area contributed by atoms with Crippen LogP contribution in [0.15, 0.2) is 60.8 Å². The van der Waals surface area contributed by atoms with Crippen molar-refractivity contribution in [1.29, 1.82) is 0 Å². The molecule has 1 heterocycles. The molecule has 0 aliphatic rings. The first-order chi connectivity index (χ1) is 21.7. The van der Waals surface area contributed by atoms with Gasteiger partial charge >= 0.3 is 31.3 Å². The van der Waals surface area contributed by atoms with Crippen molar-refractivity contribution in [3.05, 3.63) is 77.6 Å². The Hall–Kier alpha value is -4.47. The first-order valence-electron chi connectivity index (χ1n) is 12.9. The van der Waals surface area contributed by atoms with E-state index in [2.05, 4.69) is 18.8 Å². The third kappa shape index (κ3) is 9.78. The third-order valence-electron chi connectivity index (χ3n) is 6.20. The van der Waals surface area contributed by atoms with Gasteiger partial charge in [-0.3, -0.25) is 14.3 Å². The van der Waals surface area contributed by atoms with Gasteiger partial charge in [0, 0.05) is 18.4 Å². The molecule has 2 amide bonds. The summed E-state index contributed by atoms with van der Waals surface area (Å²) in [6.45, 7) is 4.08. The number of primary amides is 1. The molecule has 3 aromatic rings. The van der Waals surface area contributed by atoms with Crippen LogP contribution in [-0.4, -0.2) is 56.0 Å². The second-order valence-electron chi connectivity index (χ2n) is 9.84. The van der Waals surface area contributed by atoms with E-state index in [4.69, 9.17) is 5.73 Å². The average molecular weight is 739 g/mol. The highest BCUT2D eigenvalue weighted by Gasteiger charge is 2.49. The maximum absolute atomic E-state index is 14.8. The summed E-state index contributed by atoms with van der Waals surface area (Å²) < 4.78 is 154. The van der Waals surface area contributed by atoms with Crippen LogP contribution >= 0.6 is 0 Å². The van der Waals surface area contributed by atoms with Crippen LogP contribution in [0.25, 0.3) is 0 Å². The number of amides is 2. The molecule has 0 radical (unpaired) electrons. The Morgan fingerprint density at radius 3 is 1.48 bits per heavy atom. The normalized spacial score (nSPS) is 14.8. The van der Waals surface area contributed by atoms with Crippen molar-refractivity contribution in [2.24, 2.45) is 5.73 Å². The molecule has 2 atom stereocenters. The van der Waals surface area contributed by atoms with Crippen LogP contribution in [0.5, 0.6) is 11.5 Å². The summed E-state index contributed by atoms with van der Waals surface area (Å²) >= 11 is 0. The number of carbonyl (C=O) groups is 2. The van der Waals surface area contributed by atoms with E-state index in [1.54, 1.807) is 16.9 Å². The number of carbonyl (C=O) groups excluding carboxylic acids is 2. The van der Waals surface area contributed by atoms with Crippen LogP contribution in [0.3, 0.4) is 0 Å². The van der Waals surface area contributed by atoms with Crippen molar-refractivity contribution >= 4 is 32.1 Å². The topological polar surface area (TPSA) is 177 Å². The third-order valence-corrected chi connectivity index (χ3v) is 8.16. The maximum atomic E-state index is 14.8. The Labute approximate surface area is 268 Å². The zero-order chi connectivity index (χ0) is 36.9. The molecule has 2 unspecified atom stereocenters. The van der Waals surface area contributed by atoms with E-state index in [1.165, 1.54) is 0 Å². The molecular weight excluding hydrogens is 712 g/mol. The number of aromatic nitrogens is 2. The summed E-state index contributed by atoms with van der Waals surface area (Å²) in [6.07, 6.45) is 1.58. The Bertz CT molecular complexity index is 1810. The van der Waals surface area contributed by atoms with Gasteiger partial charge in [0.1, 0.15) is 11.5 Å². The molecule has 48 heavy (non-hydrogen) atoms.